The van der Waals surface area contributed by atoms with E-state index in [1.807, 2.05) is 6.07 Å². The molecule has 4 nitrogen and oxygen atoms in total. The van der Waals surface area contributed by atoms with Gasteiger partial charge in [-0.1, -0.05) is 24.3 Å². The number of hydrogen-bond acceptors (Lipinski definition) is 3. The lowest BCUT2D eigenvalue weighted by atomic mass is 10.2. The average Bonchev–Trinajstić information content (AvgIpc) is 3.36. The van der Waals surface area contributed by atoms with Crippen molar-refractivity contribution in [2.75, 3.05) is 26.2 Å². The van der Waals surface area contributed by atoms with Crippen LogP contribution in [0.1, 0.15) is 43.5 Å². The topological polar surface area (TPSA) is 30.3 Å². The van der Waals surface area contributed by atoms with Gasteiger partial charge in [-0.2, -0.15) is 0 Å². The normalized spacial score (nSPS) is 14.7. The molecule has 1 aliphatic rings. The number of ether oxygens (including phenoxy) is 1. The van der Waals surface area contributed by atoms with Crippen LogP contribution in [0.15, 0.2) is 48.5 Å². The minimum atomic E-state index is 0.764. The van der Waals surface area contributed by atoms with Gasteiger partial charge in [-0.25, -0.2) is 4.98 Å². The molecule has 0 bridgehead atoms. The number of nitrogens with zero attached hydrogens (tertiary/aromatic N) is 3. The fourth-order valence-corrected chi connectivity index (χ4v) is 4.30. The maximum absolute atomic E-state index is 5.92. The summed E-state index contributed by atoms with van der Waals surface area (Å²) < 4.78 is 8.35. The molecule has 4 heteroatoms. The number of aromatic nitrogens is 2. The summed E-state index contributed by atoms with van der Waals surface area (Å²) >= 11 is 0. The van der Waals surface area contributed by atoms with Crippen molar-refractivity contribution >= 4 is 11.0 Å². The lowest BCUT2D eigenvalue weighted by Crippen LogP contribution is -2.21. The number of aryl methyl sites for hydroxylation is 3. The standard InChI is InChI=1S/C25H33N3O/c1-21-10-8-11-22(20-21)29-19-7-6-18-28-24-13-3-2-12-23(24)26-25(28)14-9-17-27-15-4-5-16-27/h2-3,8,10-13,20H,4-7,9,14-19H2,1H3. The third-order valence-corrected chi connectivity index (χ3v) is 5.84. The van der Waals surface area contributed by atoms with Gasteiger partial charge in [0.2, 0.25) is 0 Å². The number of benzene rings is 2. The third-order valence-electron chi connectivity index (χ3n) is 5.84. The first kappa shape index (κ1) is 20.0. The summed E-state index contributed by atoms with van der Waals surface area (Å²) in [6.45, 7) is 7.63. The van der Waals surface area contributed by atoms with E-state index >= 15 is 0 Å². The molecule has 0 atom stereocenters. The number of fused-ring (bicyclic) bond motifs is 1. The molecule has 0 radical (unpaired) electrons. The first-order valence-corrected chi connectivity index (χ1v) is 11.2. The summed E-state index contributed by atoms with van der Waals surface area (Å²) in [6.07, 6.45) is 7.13. The predicted molar refractivity (Wildman–Crippen MR) is 120 cm³/mol. The van der Waals surface area contributed by atoms with E-state index in [-0.39, 0.29) is 0 Å². The second kappa shape index (κ2) is 9.93. The summed E-state index contributed by atoms with van der Waals surface area (Å²) in [5.74, 6) is 2.21. The van der Waals surface area contributed by atoms with Crippen LogP contribution in [-0.4, -0.2) is 40.7 Å². The minimum Gasteiger partial charge on any atom is -0.494 e. The van der Waals surface area contributed by atoms with Crippen LogP contribution >= 0.6 is 0 Å². The second-order valence-corrected chi connectivity index (χ2v) is 8.19. The average molecular weight is 392 g/mol. The Balaban J connectivity index is 1.31. The van der Waals surface area contributed by atoms with Crippen LogP contribution in [-0.2, 0) is 13.0 Å². The van der Waals surface area contributed by atoms with E-state index in [1.54, 1.807) is 0 Å². The summed E-state index contributed by atoms with van der Waals surface area (Å²) in [5.41, 5.74) is 3.63. The molecule has 0 aliphatic carbocycles. The van der Waals surface area contributed by atoms with Gasteiger partial charge in [0.1, 0.15) is 11.6 Å². The molecule has 29 heavy (non-hydrogen) atoms. The lowest BCUT2D eigenvalue weighted by molar-refractivity contribution is 0.302. The van der Waals surface area contributed by atoms with Crippen LogP contribution in [0.4, 0.5) is 0 Å². The molecule has 1 fully saturated rings. The molecule has 0 saturated carbocycles. The monoisotopic (exact) mass is 391 g/mol. The molecule has 0 N–H and O–H groups in total. The molecule has 3 aromatic rings. The Bertz CT molecular complexity index is 911. The van der Waals surface area contributed by atoms with Crippen molar-refractivity contribution < 1.29 is 4.74 Å². The number of hydrogen-bond donors (Lipinski definition) is 0. The van der Waals surface area contributed by atoms with Crippen LogP contribution in [0.2, 0.25) is 0 Å². The molecule has 2 aromatic carbocycles. The molecule has 154 valence electrons. The van der Waals surface area contributed by atoms with Gasteiger partial charge >= 0.3 is 0 Å². The summed E-state index contributed by atoms with van der Waals surface area (Å²) in [5, 5.41) is 0. The first-order chi connectivity index (χ1) is 14.3. The predicted octanol–water partition coefficient (Wildman–Crippen LogP) is 5.23. The van der Waals surface area contributed by atoms with Gasteiger partial charge in [-0.05, 0) is 88.5 Å². The second-order valence-electron chi connectivity index (χ2n) is 8.19. The number of imidazole rings is 1. The fourth-order valence-electron chi connectivity index (χ4n) is 4.30. The molecule has 0 spiro atoms. The van der Waals surface area contributed by atoms with Gasteiger partial charge in [0, 0.05) is 13.0 Å². The highest BCUT2D eigenvalue weighted by molar-refractivity contribution is 5.75. The van der Waals surface area contributed by atoms with Crippen LogP contribution in [0, 0.1) is 6.92 Å². The maximum Gasteiger partial charge on any atom is 0.119 e. The van der Waals surface area contributed by atoms with Gasteiger partial charge in [-0.3, -0.25) is 0 Å². The summed E-state index contributed by atoms with van der Waals surface area (Å²) in [7, 11) is 0. The Kier molecular flexibility index (Phi) is 6.83. The van der Waals surface area contributed by atoms with E-state index in [9.17, 15) is 0 Å². The summed E-state index contributed by atoms with van der Waals surface area (Å²) in [4.78, 5) is 7.54. The zero-order valence-corrected chi connectivity index (χ0v) is 17.6. The Morgan fingerprint density at radius 1 is 0.931 bits per heavy atom. The molecule has 1 aliphatic heterocycles. The van der Waals surface area contributed by atoms with Crippen LogP contribution < -0.4 is 4.74 Å². The van der Waals surface area contributed by atoms with Gasteiger partial charge in [0.25, 0.3) is 0 Å². The van der Waals surface area contributed by atoms with Crippen LogP contribution in [0.3, 0.4) is 0 Å². The lowest BCUT2D eigenvalue weighted by Gasteiger charge is -2.14. The molecule has 0 amide bonds. The first-order valence-electron chi connectivity index (χ1n) is 11.2. The third kappa shape index (κ3) is 5.39. The molecular formula is C25H33N3O. The molecule has 4 rings (SSSR count). The molecular weight excluding hydrogens is 358 g/mol. The number of para-hydroxylation sites is 2. The smallest absolute Gasteiger partial charge is 0.119 e. The number of rotatable bonds is 10. The van der Waals surface area contributed by atoms with Gasteiger partial charge in [0.15, 0.2) is 0 Å². The quantitative estimate of drug-likeness (QED) is 0.443. The molecule has 0 unspecified atom stereocenters. The van der Waals surface area contributed by atoms with Gasteiger partial charge in [0.05, 0.1) is 17.6 Å². The molecule has 1 aromatic heterocycles. The van der Waals surface area contributed by atoms with Crippen molar-refractivity contribution in [3.05, 3.63) is 59.9 Å². The Morgan fingerprint density at radius 2 is 1.79 bits per heavy atom. The number of likely N-dealkylation sites (tertiary alicyclic amines) is 1. The van der Waals surface area contributed by atoms with Gasteiger partial charge in [-0.15, -0.1) is 0 Å². The van der Waals surface area contributed by atoms with E-state index in [2.05, 4.69) is 58.9 Å². The maximum atomic E-state index is 5.92. The highest BCUT2D eigenvalue weighted by Gasteiger charge is 2.13. The minimum absolute atomic E-state index is 0.764. The Hall–Kier alpha value is -2.33. The van der Waals surface area contributed by atoms with Crippen LogP contribution in [0.5, 0.6) is 5.75 Å². The van der Waals surface area contributed by atoms with Crippen molar-refractivity contribution in [1.82, 2.24) is 14.5 Å². The van der Waals surface area contributed by atoms with Crippen molar-refractivity contribution in [2.45, 2.75) is 52.0 Å². The highest BCUT2D eigenvalue weighted by atomic mass is 16.5. The zero-order chi connectivity index (χ0) is 19.9. The van der Waals surface area contributed by atoms with Crippen molar-refractivity contribution in [3.63, 3.8) is 0 Å². The number of unbranched alkanes of at least 4 members (excludes halogenated alkanes) is 1. The van der Waals surface area contributed by atoms with Crippen molar-refractivity contribution in [1.29, 1.82) is 0 Å². The van der Waals surface area contributed by atoms with Crippen molar-refractivity contribution in [3.8, 4) is 5.75 Å². The molecule has 1 saturated heterocycles. The zero-order valence-electron chi connectivity index (χ0n) is 17.6. The largest absolute Gasteiger partial charge is 0.494 e. The van der Waals surface area contributed by atoms with E-state index < -0.39 is 0 Å². The van der Waals surface area contributed by atoms with E-state index in [0.717, 1.165) is 43.7 Å². The fraction of sp³-hybridized carbons (Fsp3) is 0.480. The van der Waals surface area contributed by atoms with E-state index in [0.29, 0.717) is 0 Å². The van der Waals surface area contributed by atoms with E-state index in [1.165, 1.54) is 55.8 Å². The molecule has 2 heterocycles. The van der Waals surface area contributed by atoms with Crippen LogP contribution in [0.25, 0.3) is 11.0 Å². The highest BCUT2D eigenvalue weighted by Crippen LogP contribution is 2.19. The van der Waals surface area contributed by atoms with Gasteiger partial charge < -0.3 is 14.2 Å². The SMILES string of the molecule is Cc1cccc(OCCCCn2c(CCCN3CCCC3)nc3ccccc32)c1. The van der Waals surface area contributed by atoms with E-state index in [4.69, 9.17) is 9.72 Å². The van der Waals surface area contributed by atoms with Crippen molar-refractivity contribution in [2.24, 2.45) is 0 Å². The Labute approximate surface area is 174 Å². The summed E-state index contributed by atoms with van der Waals surface area (Å²) in [6, 6.07) is 16.8. The Morgan fingerprint density at radius 3 is 2.66 bits per heavy atom.